The van der Waals surface area contributed by atoms with Gasteiger partial charge >= 0.3 is 0 Å². The number of aliphatic hydroxyl groups excluding tert-OH is 1. The molecule has 2 aromatic carbocycles. The van der Waals surface area contributed by atoms with Gasteiger partial charge in [0, 0.05) is 6.20 Å². The van der Waals surface area contributed by atoms with Crippen LogP contribution in [0, 0.1) is 5.41 Å². The van der Waals surface area contributed by atoms with Crippen molar-refractivity contribution in [2.75, 3.05) is 19.5 Å². The minimum Gasteiger partial charge on any atom is -0.493 e. The molecule has 3 N–H and O–H groups in total. The second-order valence-electron chi connectivity index (χ2n) is 10.1. The number of carbonyl (C=O) groups is 2. The summed E-state index contributed by atoms with van der Waals surface area (Å²) in [6.45, 7) is 7.49. The molecule has 0 saturated carbocycles. The van der Waals surface area contributed by atoms with Gasteiger partial charge < -0.3 is 30.0 Å². The summed E-state index contributed by atoms with van der Waals surface area (Å²) in [6.07, 6.45) is 1.58. The number of hydrogen-bond donors (Lipinski definition) is 3. The number of anilines is 1. The fourth-order valence-corrected chi connectivity index (χ4v) is 4.74. The number of rotatable bonds is 12. The monoisotopic (exact) mass is 555 g/mol. The largest absolute Gasteiger partial charge is 0.493 e. The molecule has 0 bridgehead atoms. The van der Waals surface area contributed by atoms with E-state index in [4.69, 9.17) is 14.2 Å². The maximum Gasteiger partial charge on any atom is 0.250 e. The second kappa shape index (κ2) is 13.4. The van der Waals surface area contributed by atoms with E-state index in [2.05, 4.69) is 15.6 Å². The van der Waals surface area contributed by atoms with E-state index in [1.807, 2.05) is 43.3 Å². The van der Waals surface area contributed by atoms with Gasteiger partial charge in [-0.3, -0.25) is 9.59 Å². The van der Waals surface area contributed by atoms with Crippen molar-refractivity contribution in [3.05, 3.63) is 54.2 Å². The molecule has 0 unspecified atom stereocenters. The Balaban J connectivity index is 1.73. The number of ether oxygens (including phenoxy) is 3. The summed E-state index contributed by atoms with van der Waals surface area (Å²) < 4.78 is 16.9. The number of methoxy groups -OCH3 is 2. The minimum atomic E-state index is -1.23. The maximum atomic E-state index is 13.0. The number of aliphatic hydroxyl groups is 1. The fourth-order valence-electron chi connectivity index (χ4n) is 3.86. The Kier molecular flexibility index (Phi) is 10.3. The average molecular weight is 556 g/mol. The first-order valence-corrected chi connectivity index (χ1v) is 13.6. The van der Waals surface area contributed by atoms with Gasteiger partial charge in [0.1, 0.15) is 18.8 Å². The minimum absolute atomic E-state index is 0.278. The van der Waals surface area contributed by atoms with Crippen molar-refractivity contribution in [3.8, 4) is 27.7 Å². The van der Waals surface area contributed by atoms with E-state index < -0.39 is 23.5 Å². The molecule has 0 spiro atoms. The van der Waals surface area contributed by atoms with Gasteiger partial charge in [-0.25, -0.2) is 4.98 Å². The molecule has 0 saturated heterocycles. The topological polar surface area (TPSA) is 119 Å². The lowest BCUT2D eigenvalue weighted by Gasteiger charge is -2.26. The van der Waals surface area contributed by atoms with Crippen LogP contribution in [0.3, 0.4) is 0 Å². The van der Waals surface area contributed by atoms with Gasteiger partial charge in [-0.05, 0) is 35.1 Å². The highest BCUT2D eigenvalue weighted by Gasteiger charge is 2.32. The number of hydrogen-bond acceptors (Lipinski definition) is 8. The second-order valence-corrected chi connectivity index (χ2v) is 11.1. The zero-order chi connectivity index (χ0) is 28.6. The Morgan fingerprint density at radius 2 is 1.74 bits per heavy atom. The summed E-state index contributed by atoms with van der Waals surface area (Å²) >= 11 is 1.32. The first-order chi connectivity index (χ1) is 18.6. The molecule has 9 nitrogen and oxygen atoms in total. The van der Waals surface area contributed by atoms with Crippen LogP contribution in [0.1, 0.15) is 46.1 Å². The van der Waals surface area contributed by atoms with Gasteiger partial charge in [0.15, 0.2) is 16.6 Å². The smallest absolute Gasteiger partial charge is 0.250 e. The number of carbonyl (C=O) groups excluding carboxylic acids is 2. The highest BCUT2D eigenvalue weighted by atomic mass is 32.1. The summed E-state index contributed by atoms with van der Waals surface area (Å²) in [7, 11) is 3.14. The summed E-state index contributed by atoms with van der Waals surface area (Å²) in [5, 5.41) is 16.2. The van der Waals surface area contributed by atoms with E-state index in [1.165, 1.54) is 11.3 Å². The van der Waals surface area contributed by atoms with Crippen molar-refractivity contribution >= 4 is 28.3 Å². The van der Waals surface area contributed by atoms with Crippen LogP contribution in [0.5, 0.6) is 17.2 Å². The molecule has 0 fully saturated rings. The lowest BCUT2D eigenvalue weighted by molar-refractivity contribution is -0.137. The highest BCUT2D eigenvalue weighted by Crippen LogP contribution is 2.38. The molecular weight excluding hydrogens is 518 g/mol. The normalized spacial score (nSPS) is 12.8. The van der Waals surface area contributed by atoms with E-state index in [0.717, 1.165) is 16.0 Å². The Bertz CT molecular complexity index is 1270. The van der Waals surface area contributed by atoms with Gasteiger partial charge in [-0.15, -0.1) is 0 Å². The number of thiazole rings is 1. The van der Waals surface area contributed by atoms with Crippen molar-refractivity contribution in [1.82, 2.24) is 10.3 Å². The van der Waals surface area contributed by atoms with Crippen molar-refractivity contribution < 1.29 is 28.9 Å². The predicted octanol–water partition coefficient (Wildman–Crippen LogP) is 5.04. The SMILES string of the molecule is CCC[C@H](NC(=O)[C@@H](O)C(C)(C)C)C(=O)Nc1ncc(-c2ccccc2COc2cccc(OC)c2OC)s1. The van der Waals surface area contributed by atoms with Crippen LogP contribution < -0.4 is 24.8 Å². The summed E-state index contributed by atoms with van der Waals surface area (Å²) in [5.41, 5.74) is 1.20. The van der Waals surface area contributed by atoms with E-state index in [-0.39, 0.29) is 12.5 Å². The van der Waals surface area contributed by atoms with E-state index in [1.54, 1.807) is 47.3 Å². The Labute approximate surface area is 233 Å². The molecule has 0 aliphatic carbocycles. The van der Waals surface area contributed by atoms with Gasteiger partial charge in [0.25, 0.3) is 0 Å². The first kappa shape index (κ1) is 29.9. The molecule has 0 aliphatic rings. The zero-order valence-electron chi connectivity index (χ0n) is 23.2. The van der Waals surface area contributed by atoms with Crippen LogP contribution in [-0.4, -0.2) is 48.3 Å². The summed E-state index contributed by atoms with van der Waals surface area (Å²) in [5.74, 6) is 0.705. The lowest BCUT2D eigenvalue weighted by atomic mass is 9.88. The van der Waals surface area contributed by atoms with Crippen LogP contribution >= 0.6 is 11.3 Å². The molecule has 1 heterocycles. The molecule has 2 amide bonds. The number of amides is 2. The quantitative estimate of drug-likeness (QED) is 0.287. The number of para-hydroxylation sites is 1. The van der Waals surface area contributed by atoms with E-state index in [9.17, 15) is 14.7 Å². The molecule has 3 rings (SSSR count). The number of nitrogens with zero attached hydrogens (tertiary/aromatic N) is 1. The third-order valence-corrected chi connectivity index (χ3v) is 6.99. The van der Waals surface area contributed by atoms with Crippen molar-refractivity contribution in [2.45, 2.75) is 59.3 Å². The predicted molar refractivity (Wildman–Crippen MR) is 152 cm³/mol. The molecule has 10 heteroatoms. The standard InChI is InChI=1S/C29H37N3O6S/c1-7-11-20(31-27(35)25(33)29(2,3)4)26(34)32-28-30-16-23(39-28)19-13-9-8-12-18(19)17-38-22-15-10-14-21(36-5)24(22)37-6/h8-10,12-16,20,25,33H,7,11,17H2,1-6H3,(H,31,35)(H,30,32,34)/t20-,25+/m0/s1. The van der Waals surface area contributed by atoms with Crippen LogP contribution in [0.25, 0.3) is 10.4 Å². The van der Waals surface area contributed by atoms with Crippen molar-refractivity contribution in [3.63, 3.8) is 0 Å². The van der Waals surface area contributed by atoms with Gasteiger partial charge in [0.05, 0.1) is 19.1 Å². The molecule has 0 aliphatic heterocycles. The van der Waals surface area contributed by atoms with E-state index in [0.29, 0.717) is 35.2 Å². The molecule has 3 aromatic rings. The van der Waals surface area contributed by atoms with E-state index >= 15 is 0 Å². The Hall–Kier alpha value is -3.63. The molecule has 39 heavy (non-hydrogen) atoms. The first-order valence-electron chi connectivity index (χ1n) is 12.8. The number of nitrogens with one attached hydrogen (secondary N) is 2. The Morgan fingerprint density at radius 1 is 1.03 bits per heavy atom. The maximum absolute atomic E-state index is 13.0. The van der Waals surface area contributed by atoms with Crippen molar-refractivity contribution in [1.29, 1.82) is 0 Å². The third kappa shape index (κ3) is 7.70. The molecule has 210 valence electrons. The molecular formula is C29H37N3O6S. The van der Waals surface area contributed by atoms with Crippen LogP contribution in [0.2, 0.25) is 0 Å². The number of benzene rings is 2. The molecule has 1 aromatic heterocycles. The van der Waals surface area contributed by atoms with Crippen LogP contribution in [0.4, 0.5) is 5.13 Å². The fraction of sp³-hybridized carbons (Fsp3) is 0.414. The van der Waals surface area contributed by atoms with Crippen LogP contribution in [-0.2, 0) is 16.2 Å². The van der Waals surface area contributed by atoms with Gasteiger partial charge in [-0.2, -0.15) is 0 Å². The zero-order valence-corrected chi connectivity index (χ0v) is 24.1. The van der Waals surface area contributed by atoms with Crippen molar-refractivity contribution in [2.24, 2.45) is 5.41 Å². The third-order valence-electron chi connectivity index (χ3n) is 6.05. The highest BCUT2D eigenvalue weighted by molar-refractivity contribution is 7.19. The summed E-state index contributed by atoms with van der Waals surface area (Å²) in [6, 6.07) is 12.5. The lowest BCUT2D eigenvalue weighted by Crippen LogP contribution is -2.50. The van der Waals surface area contributed by atoms with Crippen LogP contribution in [0.15, 0.2) is 48.7 Å². The van der Waals surface area contributed by atoms with Gasteiger partial charge in [0.2, 0.25) is 17.6 Å². The molecule has 0 radical (unpaired) electrons. The molecule has 2 atom stereocenters. The Morgan fingerprint density at radius 3 is 2.41 bits per heavy atom. The number of aromatic nitrogens is 1. The average Bonchev–Trinajstić information content (AvgIpc) is 3.38. The van der Waals surface area contributed by atoms with Gasteiger partial charge in [-0.1, -0.05) is 75.8 Å². The summed E-state index contributed by atoms with van der Waals surface area (Å²) in [4.78, 5) is 30.8.